The molecular formula is C19H25NOSi. The molecule has 3 rings (SSSR count). The minimum atomic E-state index is -1.67. The van der Waals surface area contributed by atoms with Crippen LogP contribution >= 0.6 is 0 Å². The Morgan fingerprint density at radius 3 is 2.50 bits per heavy atom. The Hall–Kier alpha value is -1.61. The lowest BCUT2D eigenvalue weighted by atomic mass is 9.91. The van der Waals surface area contributed by atoms with Crippen molar-refractivity contribution in [3.8, 4) is 0 Å². The maximum absolute atomic E-state index is 12.8. The van der Waals surface area contributed by atoms with Gasteiger partial charge >= 0.3 is 0 Å². The minimum Gasteiger partial charge on any atom is -0.288 e. The van der Waals surface area contributed by atoms with Crippen LogP contribution < -0.4 is 4.90 Å². The van der Waals surface area contributed by atoms with E-state index in [9.17, 15) is 4.79 Å². The Morgan fingerprint density at radius 2 is 1.82 bits per heavy atom. The van der Waals surface area contributed by atoms with Gasteiger partial charge in [-0.05, 0) is 42.9 Å². The lowest BCUT2D eigenvalue weighted by Gasteiger charge is -2.35. The molecule has 3 heteroatoms. The molecule has 1 saturated carbocycles. The van der Waals surface area contributed by atoms with E-state index in [4.69, 9.17) is 0 Å². The van der Waals surface area contributed by atoms with Gasteiger partial charge in [-0.1, -0.05) is 50.0 Å². The molecule has 1 heterocycles. The standard InChI is InChI=1S/C19H25NOSi/c1-14-9-5-7-11-16(14)19(22(2,3)4)20-17-12-8-6-10-15(17)13-18(20)21/h6,8,10,12H,1,5,7,9,11,13H2,2-4H3/b19-16-. The van der Waals surface area contributed by atoms with E-state index < -0.39 is 8.07 Å². The van der Waals surface area contributed by atoms with Crippen LogP contribution in [0.4, 0.5) is 5.69 Å². The van der Waals surface area contributed by atoms with Crippen molar-refractivity contribution in [3.63, 3.8) is 0 Å². The highest BCUT2D eigenvalue weighted by atomic mass is 28.3. The molecule has 0 aromatic heterocycles. The Labute approximate surface area is 134 Å². The molecule has 0 spiro atoms. The normalized spacial score (nSPS) is 21.1. The number of benzene rings is 1. The lowest BCUT2D eigenvalue weighted by molar-refractivity contribution is -0.116. The van der Waals surface area contributed by atoms with Crippen LogP contribution in [0.3, 0.4) is 0 Å². The average Bonchev–Trinajstić information content (AvgIpc) is 2.77. The highest BCUT2D eigenvalue weighted by Crippen LogP contribution is 2.40. The van der Waals surface area contributed by atoms with Crippen molar-refractivity contribution in [2.24, 2.45) is 0 Å². The molecule has 22 heavy (non-hydrogen) atoms. The number of hydrogen-bond donors (Lipinski definition) is 0. The first kappa shape index (κ1) is 15.3. The van der Waals surface area contributed by atoms with E-state index in [2.05, 4.69) is 38.4 Å². The van der Waals surface area contributed by atoms with E-state index >= 15 is 0 Å². The fourth-order valence-electron chi connectivity index (χ4n) is 3.68. The molecule has 0 N–H and O–H groups in total. The van der Waals surface area contributed by atoms with Gasteiger partial charge in [-0.15, -0.1) is 0 Å². The predicted octanol–water partition coefficient (Wildman–Crippen LogP) is 4.84. The number of hydrogen-bond acceptors (Lipinski definition) is 1. The third-order valence-electron chi connectivity index (χ3n) is 4.63. The zero-order valence-electron chi connectivity index (χ0n) is 13.9. The molecule has 0 atom stereocenters. The van der Waals surface area contributed by atoms with Gasteiger partial charge in [0, 0.05) is 5.32 Å². The minimum absolute atomic E-state index is 0.226. The van der Waals surface area contributed by atoms with Gasteiger partial charge in [-0.2, -0.15) is 0 Å². The monoisotopic (exact) mass is 311 g/mol. The second kappa shape index (κ2) is 5.54. The number of allylic oxidation sites excluding steroid dienone is 2. The van der Waals surface area contributed by atoms with Crippen molar-refractivity contribution < 1.29 is 4.79 Å². The van der Waals surface area contributed by atoms with Crippen LogP contribution in [0, 0.1) is 0 Å². The summed E-state index contributed by atoms with van der Waals surface area (Å²) >= 11 is 0. The number of carbonyl (C=O) groups excluding carboxylic acids is 1. The predicted molar refractivity (Wildman–Crippen MR) is 95.6 cm³/mol. The van der Waals surface area contributed by atoms with Gasteiger partial charge in [0.1, 0.15) is 0 Å². The van der Waals surface area contributed by atoms with Gasteiger partial charge < -0.3 is 0 Å². The van der Waals surface area contributed by atoms with Crippen molar-refractivity contribution in [3.05, 3.63) is 52.9 Å². The number of anilines is 1. The van der Waals surface area contributed by atoms with Crippen LogP contribution in [-0.4, -0.2) is 14.0 Å². The zero-order chi connectivity index (χ0) is 15.9. The van der Waals surface area contributed by atoms with Crippen LogP contribution in [-0.2, 0) is 11.2 Å². The third-order valence-corrected chi connectivity index (χ3v) is 6.57. The van der Waals surface area contributed by atoms with E-state index in [-0.39, 0.29) is 5.91 Å². The maximum Gasteiger partial charge on any atom is 0.235 e. The molecule has 0 radical (unpaired) electrons. The quantitative estimate of drug-likeness (QED) is 0.716. The molecule has 1 fully saturated rings. The Kier molecular flexibility index (Phi) is 3.85. The Balaban J connectivity index is 2.18. The summed E-state index contributed by atoms with van der Waals surface area (Å²) in [5.41, 5.74) is 4.87. The molecule has 1 aromatic rings. The van der Waals surface area contributed by atoms with E-state index in [1.807, 2.05) is 17.0 Å². The van der Waals surface area contributed by atoms with Crippen LogP contribution in [0.15, 0.2) is 47.3 Å². The summed E-state index contributed by atoms with van der Waals surface area (Å²) in [6.07, 6.45) is 5.12. The fourth-order valence-corrected chi connectivity index (χ4v) is 5.80. The molecule has 2 aliphatic rings. The number of carbonyl (C=O) groups is 1. The molecule has 1 aliphatic carbocycles. The molecule has 0 unspecified atom stereocenters. The topological polar surface area (TPSA) is 20.3 Å². The largest absolute Gasteiger partial charge is 0.288 e. The van der Waals surface area contributed by atoms with Crippen molar-refractivity contribution in [2.45, 2.75) is 51.7 Å². The highest BCUT2D eigenvalue weighted by Gasteiger charge is 2.37. The van der Waals surface area contributed by atoms with Crippen LogP contribution in [0.1, 0.15) is 31.2 Å². The zero-order valence-corrected chi connectivity index (χ0v) is 14.9. The second-order valence-electron chi connectivity index (χ2n) is 7.42. The molecule has 1 amide bonds. The fraction of sp³-hybridized carbons (Fsp3) is 0.421. The first-order valence-corrected chi connectivity index (χ1v) is 11.7. The van der Waals surface area contributed by atoms with Crippen molar-refractivity contribution in [2.75, 3.05) is 4.90 Å². The van der Waals surface area contributed by atoms with E-state index in [1.165, 1.54) is 29.3 Å². The van der Waals surface area contributed by atoms with Gasteiger partial charge in [0.05, 0.1) is 20.2 Å². The summed E-state index contributed by atoms with van der Waals surface area (Å²) in [5.74, 6) is 0.226. The van der Waals surface area contributed by atoms with Crippen LogP contribution in [0.2, 0.25) is 19.6 Å². The second-order valence-corrected chi connectivity index (χ2v) is 12.4. The first-order chi connectivity index (χ1) is 10.4. The van der Waals surface area contributed by atoms with Crippen molar-refractivity contribution in [1.29, 1.82) is 0 Å². The van der Waals surface area contributed by atoms with Gasteiger partial charge in [0.25, 0.3) is 0 Å². The van der Waals surface area contributed by atoms with Crippen molar-refractivity contribution in [1.82, 2.24) is 0 Å². The summed E-state index contributed by atoms with van der Waals surface area (Å²) in [4.78, 5) is 14.8. The molecule has 0 saturated heterocycles. The molecule has 1 aromatic carbocycles. The third kappa shape index (κ3) is 2.58. The summed E-state index contributed by atoms with van der Waals surface area (Å²) in [6.45, 7) is 11.3. The summed E-state index contributed by atoms with van der Waals surface area (Å²) in [6, 6.07) is 8.23. The summed E-state index contributed by atoms with van der Waals surface area (Å²) in [7, 11) is -1.67. The molecule has 2 nitrogen and oxygen atoms in total. The number of amides is 1. The number of rotatable bonds is 2. The summed E-state index contributed by atoms with van der Waals surface area (Å²) in [5, 5.41) is 1.30. The Bertz CT molecular complexity index is 666. The molecular weight excluding hydrogens is 286 g/mol. The van der Waals surface area contributed by atoms with Crippen LogP contribution in [0.5, 0.6) is 0 Å². The molecule has 0 bridgehead atoms. The number of para-hydroxylation sites is 1. The van der Waals surface area contributed by atoms with Gasteiger partial charge in [0.15, 0.2) is 0 Å². The Morgan fingerprint density at radius 1 is 1.14 bits per heavy atom. The molecule has 1 aliphatic heterocycles. The molecule has 116 valence electrons. The van der Waals surface area contributed by atoms with Gasteiger partial charge in [-0.25, -0.2) is 0 Å². The van der Waals surface area contributed by atoms with Crippen LogP contribution in [0.25, 0.3) is 0 Å². The first-order valence-electron chi connectivity index (χ1n) is 8.22. The van der Waals surface area contributed by atoms with E-state index in [1.54, 1.807) is 0 Å². The average molecular weight is 312 g/mol. The van der Waals surface area contributed by atoms with Gasteiger partial charge in [0.2, 0.25) is 5.91 Å². The smallest absolute Gasteiger partial charge is 0.235 e. The number of nitrogens with zero attached hydrogens (tertiary/aromatic N) is 1. The highest BCUT2D eigenvalue weighted by molar-refractivity contribution is 6.84. The van der Waals surface area contributed by atoms with E-state index in [0.717, 1.165) is 24.1 Å². The number of fused-ring (bicyclic) bond motifs is 1. The summed E-state index contributed by atoms with van der Waals surface area (Å²) < 4.78 is 0. The SMILES string of the molecule is C=C1CCCC/C1=C(\N1C(=O)Cc2ccccc21)[Si](C)(C)C. The maximum atomic E-state index is 12.8. The van der Waals surface area contributed by atoms with E-state index in [0.29, 0.717) is 6.42 Å². The van der Waals surface area contributed by atoms with Crippen molar-refractivity contribution >= 4 is 19.7 Å². The lowest BCUT2D eigenvalue weighted by Crippen LogP contribution is -2.41. The van der Waals surface area contributed by atoms with Gasteiger partial charge in [-0.3, -0.25) is 9.69 Å².